The Hall–Kier alpha value is -3.71. The van der Waals surface area contributed by atoms with E-state index in [0.717, 1.165) is 55.1 Å². The van der Waals surface area contributed by atoms with Crippen LogP contribution in [0.1, 0.15) is 5.56 Å². The standard InChI is InChI=1S/C25H26N6O/c32-25(19-31-23-6-2-1-5-21(23)17-27-31)28-22-10-8-20(9-11-22)18-29-13-15-30(16-14-29)24-7-3-4-12-26-24/h1-12,17H,13-16,18-19H2,(H,28,32). The maximum Gasteiger partial charge on any atom is 0.246 e. The first-order valence-corrected chi connectivity index (χ1v) is 10.9. The van der Waals surface area contributed by atoms with E-state index in [0.29, 0.717) is 0 Å². The summed E-state index contributed by atoms with van der Waals surface area (Å²) in [7, 11) is 0. The third-order valence-electron chi connectivity index (χ3n) is 5.83. The van der Waals surface area contributed by atoms with Gasteiger partial charge in [0.2, 0.25) is 5.91 Å². The predicted molar refractivity (Wildman–Crippen MR) is 127 cm³/mol. The number of anilines is 2. The van der Waals surface area contributed by atoms with Gasteiger partial charge in [0.15, 0.2) is 0 Å². The van der Waals surface area contributed by atoms with Gasteiger partial charge in [0.1, 0.15) is 12.4 Å². The van der Waals surface area contributed by atoms with Crippen LogP contribution >= 0.6 is 0 Å². The topological polar surface area (TPSA) is 66.3 Å². The van der Waals surface area contributed by atoms with Crippen molar-refractivity contribution in [3.63, 3.8) is 0 Å². The number of aromatic nitrogens is 3. The number of piperazine rings is 1. The Morgan fingerprint density at radius 3 is 2.47 bits per heavy atom. The fourth-order valence-electron chi connectivity index (χ4n) is 4.12. The lowest BCUT2D eigenvalue weighted by Crippen LogP contribution is -2.46. The number of hydrogen-bond acceptors (Lipinski definition) is 5. The fraction of sp³-hybridized carbons (Fsp3) is 0.240. The van der Waals surface area contributed by atoms with Crippen LogP contribution < -0.4 is 10.2 Å². The molecule has 2 aromatic heterocycles. The predicted octanol–water partition coefficient (Wildman–Crippen LogP) is 3.39. The van der Waals surface area contributed by atoms with Crippen molar-refractivity contribution in [1.29, 1.82) is 0 Å². The minimum atomic E-state index is -0.0859. The second-order valence-corrected chi connectivity index (χ2v) is 8.06. The number of para-hydroxylation sites is 1. The Balaban J connectivity index is 1.12. The van der Waals surface area contributed by atoms with E-state index in [1.165, 1.54) is 5.56 Å². The van der Waals surface area contributed by atoms with Crippen molar-refractivity contribution in [3.8, 4) is 0 Å². The molecule has 5 rings (SSSR count). The van der Waals surface area contributed by atoms with Gasteiger partial charge in [-0.3, -0.25) is 14.4 Å². The summed E-state index contributed by atoms with van der Waals surface area (Å²) in [4.78, 5) is 21.7. The van der Waals surface area contributed by atoms with E-state index in [9.17, 15) is 4.79 Å². The Kier molecular flexibility index (Phi) is 5.81. The summed E-state index contributed by atoms with van der Waals surface area (Å²) >= 11 is 0. The minimum Gasteiger partial charge on any atom is -0.354 e. The van der Waals surface area contributed by atoms with Crippen LogP contribution in [-0.2, 0) is 17.9 Å². The van der Waals surface area contributed by atoms with Crippen molar-refractivity contribution in [3.05, 3.63) is 84.7 Å². The fourth-order valence-corrected chi connectivity index (χ4v) is 4.12. The van der Waals surface area contributed by atoms with Crippen LogP contribution in [0.3, 0.4) is 0 Å². The van der Waals surface area contributed by atoms with E-state index in [4.69, 9.17) is 0 Å². The summed E-state index contributed by atoms with van der Waals surface area (Å²) in [5.74, 6) is 0.965. The zero-order valence-electron chi connectivity index (χ0n) is 17.9. The molecule has 4 aromatic rings. The lowest BCUT2D eigenvalue weighted by Gasteiger charge is -2.35. The molecule has 2 aromatic carbocycles. The number of pyridine rings is 1. The van der Waals surface area contributed by atoms with Gasteiger partial charge in [-0.05, 0) is 35.9 Å². The van der Waals surface area contributed by atoms with Crippen molar-refractivity contribution in [2.75, 3.05) is 36.4 Å². The molecule has 0 unspecified atom stereocenters. The van der Waals surface area contributed by atoms with Crippen molar-refractivity contribution in [1.82, 2.24) is 19.7 Å². The van der Waals surface area contributed by atoms with Gasteiger partial charge in [0.05, 0.1) is 11.7 Å². The molecule has 1 fully saturated rings. The van der Waals surface area contributed by atoms with Crippen LogP contribution in [-0.4, -0.2) is 51.8 Å². The molecule has 1 amide bonds. The van der Waals surface area contributed by atoms with Crippen molar-refractivity contribution < 1.29 is 4.79 Å². The van der Waals surface area contributed by atoms with Crippen LogP contribution in [0, 0.1) is 0 Å². The molecule has 0 saturated carbocycles. The molecular weight excluding hydrogens is 400 g/mol. The van der Waals surface area contributed by atoms with Crippen LogP contribution in [0.5, 0.6) is 0 Å². The Morgan fingerprint density at radius 1 is 0.906 bits per heavy atom. The average molecular weight is 427 g/mol. The number of carbonyl (C=O) groups excluding carboxylic acids is 1. The van der Waals surface area contributed by atoms with E-state index < -0.39 is 0 Å². The Labute approximate surface area is 187 Å². The van der Waals surface area contributed by atoms with Crippen molar-refractivity contribution in [2.24, 2.45) is 0 Å². The lowest BCUT2D eigenvalue weighted by atomic mass is 10.1. The molecule has 0 spiro atoms. The van der Waals surface area contributed by atoms with Gasteiger partial charge in [-0.2, -0.15) is 5.10 Å². The summed E-state index contributed by atoms with van der Waals surface area (Å²) in [6, 6.07) is 22.1. The first-order valence-electron chi connectivity index (χ1n) is 10.9. The van der Waals surface area contributed by atoms with Gasteiger partial charge in [0, 0.05) is 50.0 Å². The van der Waals surface area contributed by atoms with Gasteiger partial charge in [-0.25, -0.2) is 4.98 Å². The molecule has 0 radical (unpaired) electrons. The summed E-state index contributed by atoms with van der Waals surface area (Å²) in [5, 5.41) is 8.33. The van der Waals surface area contributed by atoms with Gasteiger partial charge in [-0.1, -0.05) is 36.4 Å². The molecule has 7 nitrogen and oxygen atoms in total. The van der Waals surface area contributed by atoms with Crippen molar-refractivity contribution >= 4 is 28.3 Å². The molecule has 0 atom stereocenters. The monoisotopic (exact) mass is 426 g/mol. The van der Waals surface area contributed by atoms with Crippen LogP contribution in [0.25, 0.3) is 10.9 Å². The summed E-state index contributed by atoms with van der Waals surface area (Å²) in [6.07, 6.45) is 3.63. The molecule has 0 aliphatic carbocycles. The third kappa shape index (κ3) is 4.63. The zero-order chi connectivity index (χ0) is 21.8. The Morgan fingerprint density at radius 2 is 1.69 bits per heavy atom. The van der Waals surface area contributed by atoms with Gasteiger partial charge in [-0.15, -0.1) is 0 Å². The quantitative estimate of drug-likeness (QED) is 0.512. The Bertz CT molecular complexity index is 1180. The number of hydrogen-bond donors (Lipinski definition) is 1. The van der Waals surface area contributed by atoms with Crippen LogP contribution in [0.15, 0.2) is 79.1 Å². The highest BCUT2D eigenvalue weighted by Crippen LogP contribution is 2.17. The lowest BCUT2D eigenvalue weighted by molar-refractivity contribution is -0.116. The molecule has 3 heterocycles. The SMILES string of the molecule is O=C(Cn1ncc2ccccc21)Nc1ccc(CN2CCN(c3ccccn3)CC2)cc1. The molecule has 7 heteroatoms. The van der Waals surface area contributed by atoms with E-state index >= 15 is 0 Å². The van der Waals surface area contributed by atoms with Crippen molar-refractivity contribution in [2.45, 2.75) is 13.1 Å². The van der Waals surface area contributed by atoms with Gasteiger partial charge < -0.3 is 10.2 Å². The van der Waals surface area contributed by atoms with E-state index in [2.05, 4.69) is 43.4 Å². The van der Waals surface area contributed by atoms with E-state index in [-0.39, 0.29) is 12.5 Å². The molecule has 1 N–H and O–H groups in total. The average Bonchev–Trinajstić information content (AvgIpc) is 3.24. The molecule has 32 heavy (non-hydrogen) atoms. The molecule has 0 bridgehead atoms. The normalized spacial score (nSPS) is 14.6. The third-order valence-corrected chi connectivity index (χ3v) is 5.83. The van der Waals surface area contributed by atoms with Crippen LogP contribution in [0.2, 0.25) is 0 Å². The largest absolute Gasteiger partial charge is 0.354 e. The maximum atomic E-state index is 12.5. The molecule has 1 aliphatic heterocycles. The molecule has 1 saturated heterocycles. The molecular formula is C25H26N6O. The number of rotatable bonds is 6. The second-order valence-electron chi connectivity index (χ2n) is 8.06. The number of nitrogens with zero attached hydrogens (tertiary/aromatic N) is 5. The summed E-state index contributed by atoms with van der Waals surface area (Å²) < 4.78 is 1.73. The molecule has 1 aliphatic rings. The maximum absolute atomic E-state index is 12.5. The number of amides is 1. The zero-order valence-corrected chi connectivity index (χ0v) is 17.9. The first kappa shape index (κ1) is 20.2. The number of nitrogens with one attached hydrogen (secondary N) is 1. The number of benzene rings is 2. The van der Waals surface area contributed by atoms with Gasteiger partial charge in [0.25, 0.3) is 0 Å². The second kappa shape index (κ2) is 9.20. The summed E-state index contributed by atoms with van der Waals surface area (Å²) in [6.45, 7) is 5.07. The molecule has 162 valence electrons. The van der Waals surface area contributed by atoms with E-state index in [1.54, 1.807) is 10.9 Å². The van der Waals surface area contributed by atoms with E-state index in [1.807, 2.05) is 54.7 Å². The van der Waals surface area contributed by atoms with Crippen LogP contribution in [0.4, 0.5) is 11.5 Å². The smallest absolute Gasteiger partial charge is 0.246 e. The highest BCUT2D eigenvalue weighted by molar-refractivity contribution is 5.91. The van der Waals surface area contributed by atoms with Gasteiger partial charge >= 0.3 is 0 Å². The number of fused-ring (bicyclic) bond motifs is 1. The first-order chi connectivity index (χ1) is 15.7. The number of carbonyl (C=O) groups is 1. The summed E-state index contributed by atoms with van der Waals surface area (Å²) in [5.41, 5.74) is 3.00. The highest BCUT2D eigenvalue weighted by Gasteiger charge is 2.18. The highest BCUT2D eigenvalue weighted by atomic mass is 16.2. The minimum absolute atomic E-state index is 0.0859.